The molecule has 3 aromatic rings. The zero-order valence-corrected chi connectivity index (χ0v) is 15.3. The van der Waals surface area contributed by atoms with Gasteiger partial charge in [-0.3, -0.25) is 19.7 Å². The molecule has 0 spiro atoms. The summed E-state index contributed by atoms with van der Waals surface area (Å²) in [5.74, 6) is -3.19. The summed E-state index contributed by atoms with van der Waals surface area (Å²) in [5, 5.41) is 15.8. The summed E-state index contributed by atoms with van der Waals surface area (Å²) in [7, 11) is 0. The number of rotatable bonds is 6. The summed E-state index contributed by atoms with van der Waals surface area (Å²) < 4.78 is 27.9. The molecule has 0 aliphatic rings. The zero-order valence-electron chi connectivity index (χ0n) is 15.3. The number of benzene rings is 3. The average Bonchev–Trinajstić information content (AvgIpc) is 2.73. The predicted molar refractivity (Wildman–Crippen MR) is 104 cm³/mol. The van der Waals surface area contributed by atoms with Crippen molar-refractivity contribution in [1.29, 1.82) is 0 Å². The van der Waals surface area contributed by atoms with E-state index in [1.807, 2.05) is 0 Å². The highest BCUT2D eigenvalue weighted by Crippen LogP contribution is 2.18. The molecule has 0 aliphatic heterocycles. The van der Waals surface area contributed by atoms with Crippen molar-refractivity contribution < 1.29 is 23.3 Å². The summed E-state index contributed by atoms with van der Waals surface area (Å²) >= 11 is 0. The highest BCUT2D eigenvalue weighted by molar-refractivity contribution is 5.97. The number of halogens is 2. The Hall–Kier alpha value is -4.14. The molecule has 0 fully saturated rings. The largest absolute Gasteiger partial charge is 0.328 e. The summed E-state index contributed by atoms with van der Waals surface area (Å²) in [6.45, 7) is 0. The van der Waals surface area contributed by atoms with Gasteiger partial charge >= 0.3 is 0 Å². The first-order valence-electron chi connectivity index (χ1n) is 8.72. The number of hydrogen-bond acceptors (Lipinski definition) is 4. The van der Waals surface area contributed by atoms with E-state index in [0.717, 1.165) is 12.1 Å². The van der Waals surface area contributed by atoms with Crippen LogP contribution in [0.4, 0.5) is 14.5 Å². The van der Waals surface area contributed by atoms with Gasteiger partial charge < -0.3 is 10.6 Å². The highest BCUT2D eigenvalue weighted by Gasteiger charge is 2.22. The Morgan fingerprint density at radius 3 is 1.60 bits per heavy atom. The SMILES string of the molecule is O=C(NC(NC(=O)c1ccccc1F)c1ccc([N+](=O)[O-])cc1)c1ccccc1F. The lowest BCUT2D eigenvalue weighted by atomic mass is 10.1. The van der Waals surface area contributed by atoms with E-state index in [1.54, 1.807) is 0 Å². The summed E-state index contributed by atoms with van der Waals surface area (Å²) in [5.41, 5.74) is -0.442. The third-order valence-corrected chi connectivity index (χ3v) is 4.23. The van der Waals surface area contributed by atoms with Gasteiger partial charge in [-0.25, -0.2) is 8.78 Å². The molecule has 30 heavy (non-hydrogen) atoms. The van der Waals surface area contributed by atoms with Crippen LogP contribution >= 0.6 is 0 Å². The van der Waals surface area contributed by atoms with Gasteiger partial charge in [0.25, 0.3) is 17.5 Å². The zero-order chi connectivity index (χ0) is 21.7. The van der Waals surface area contributed by atoms with E-state index in [1.165, 1.54) is 60.7 Å². The van der Waals surface area contributed by atoms with Crippen LogP contribution in [0.3, 0.4) is 0 Å². The first-order chi connectivity index (χ1) is 14.4. The molecular weight excluding hydrogens is 396 g/mol. The van der Waals surface area contributed by atoms with Gasteiger partial charge in [0.15, 0.2) is 0 Å². The fourth-order valence-corrected chi connectivity index (χ4v) is 2.70. The number of nitrogens with one attached hydrogen (secondary N) is 2. The molecule has 7 nitrogen and oxygen atoms in total. The summed E-state index contributed by atoms with van der Waals surface area (Å²) in [4.78, 5) is 35.3. The minimum atomic E-state index is -1.20. The van der Waals surface area contributed by atoms with Gasteiger partial charge in [0.05, 0.1) is 16.1 Å². The molecule has 0 unspecified atom stereocenters. The Balaban J connectivity index is 1.91. The van der Waals surface area contributed by atoms with E-state index >= 15 is 0 Å². The van der Waals surface area contributed by atoms with E-state index in [9.17, 15) is 28.5 Å². The summed E-state index contributed by atoms with van der Waals surface area (Å²) in [6, 6.07) is 15.5. The molecule has 0 bridgehead atoms. The van der Waals surface area contributed by atoms with Crippen LogP contribution < -0.4 is 10.6 Å². The number of carbonyl (C=O) groups excluding carboxylic acids is 2. The van der Waals surface area contributed by atoms with E-state index in [4.69, 9.17) is 0 Å². The van der Waals surface area contributed by atoms with Crippen molar-refractivity contribution in [2.45, 2.75) is 6.17 Å². The third-order valence-electron chi connectivity index (χ3n) is 4.23. The number of hydrogen-bond donors (Lipinski definition) is 2. The molecular formula is C21H15F2N3O4. The van der Waals surface area contributed by atoms with E-state index in [2.05, 4.69) is 10.6 Å². The van der Waals surface area contributed by atoms with Crippen LogP contribution in [0.15, 0.2) is 72.8 Å². The van der Waals surface area contributed by atoms with Crippen molar-refractivity contribution in [2.24, 2.45) is 0 Å². The van der Waals surface area contributed by atoms with Gasteiger partial charge in [0, 0.05) is 12.1 Å². The van der Waals surface area contributed by atoms with Gasteiger partial charge in [0.1, 0.15) is 17.8 Å². The van der Waals surface area contributed by atoms with E-state index in [0.29, 0.717) is 0 Å². The van der Waals surface area contributed by atoms with Gasteiger partial charge in [-0.05, 0) is 42.0 Å². The molecule has 2 amide bonds. The first kappa shape index (κ1) is 20.6. The summed E-state index contributed by atoms with van der Waals surface area (Å²) in [6.07, 6.45) is -1.20. The highest BCUT2D eigenvalue weighted by atomic mass is 19.1. The second-order valence-corrected chi connectivity index (χ2v) is 6.19. The number of amides is 2. The monoisotopic (exact) mass is 411 g/mol. The Labute approximate surface area is 169 Å². The minimum Gasteiger partial charge on any atom is -0.328 e. The van der Waals surface area contributed by atoms with Crippen LogP contribution in [0, 0.1) is 21.7 Å². The van der Waals surface area contributed by atoms with Crippen LogP contribution in [-0.4, -0.2) is 16.7 Å². The normalized spacial score (nSPS) is 10.5. The molecule has 3 rings (SSSR count). The van der Waals surface area contributed by atoms with Gasteiger partial charge in [0.2, 0.25) is 0 Å². The van der Waals surface area contributed by atoms with Crippen LogP contribution in [0.1, 0.15) is 32.4 Å². The molecule has 0 aromatic heterocycles. The second kappa shape index (κ2) is 8.91. The molecule has 0 aliphatic carbocycles. The number of nitro benzene ring substituents is 1. The fraction of sp³-hybridized carbons (Fsp3) is 0.0476. The van der Waals surface area contributed by atoms with Gasteiger partial charge in [-0.1, -0.05) is 24.3 Å². The number of non-ortho nitro benzene ring substituents is 1. The molecule has 3 aromatic carbocycles. The molecule has 0 saturated carbocycles. The lowest BCUT2D eigenvalue weighted by Crippen LogP contribution is -2.41. The molecule has 0 atom stereocenters. The molecule has 9 heteroatoms. The Morgan fingerprint density at radius 1 is 0.767 bits per heavy atom. The van der Waals surface area contributed by atoms with Crippen LogP contribution in [0.25, 0.3) is 0 Å². The lowest BCUT2D eigenvalue weighted by Gasteiger charge is -2.21. The molecule has 0 saturated heterocycles. The Bertz CT molecular complexity index is 1040. The van der Waals surface area contributed by atoms with Crippen molar-refractivity contribution >= 4 is 17.5 Å². The molecule has 0 heterocycles. The van der Waals surface area contributed by atoms with Crippen LogP contribution in [0.2, 0.25) is 0 Å². The maximum Gasteiger partial charge on any atom is 0.269 e. The fourth-order valence-electron chi connectivity index (χ4n) is 2.70. The van der Waals surface area contributed by atoms with Crippen molar-refractivity contribution in [3.8, 4) is 0 Å². The number of nitrogens with zero attached hydrogens (tertiary/aromatic N) is 1. The average molecular weight is 411 g/mol. The lowest BCUT2D eigenvalue weighted by molar-refractivity contribution is -0.384. The molecule has 0 radical (unpaired) electrons. The number of carbonyl (C=O) groups is 2. The van der Waals surface area contributed by atoms with Crippen molar-refractivity contribution in [3.05, 3.63) is 111 Å². The third kappa shape index (κ3) is 4.64. The Morgan fingerprint density at radius 2 is 1.20 bits per heavy atom. The predicted octanol–water partition coefficient (Wildman–Crippen LogP) is 3.73. The minimum absolute atomic E-state index is 0.196. The second-order valence-electron chi connectivity index (χ2n) is 6.19. The quantitative estimate of drug-likeness (QED) is 0.367. The Kier molecular flexibility index (Phi) is 6.11. The van der Waals surface area contributed by atoms with Gasteiger partial charge in [-0.2, -0.15) is 0 Å². The van der Waals surface area contributed by atoms with E-state index < -0.39 is 34.5 Å². The smallest absolute Gasteiger partial charge is 0.269 e. The van der Waals surface area contributed by atoms with Crippen LogP contribution in [0.5, 0.6) is 0 Å². The van der Waals surface area contributed by atoms with Crippen molar-refractivity contribution in [3.63, 3.8) is 0 Å². The topological polar surface area (TPSA) is 101 Å². The van der Waals surface area contributed by atoms with Crippen molar-refractivity contribution in [1.82, 2.24) is 10.6 Å². The van der Waals surface area contributed by atoms with Gasteiger partial charge in [-0.15, -0.1) is 0 Å². The first-order valence-corrected chi connectivity index (χ1v) is 8.72. The molecule has 152 valence electrons. The number of nitro groups is 1. The maximum absolute atomic E-state index is 13.9. The van der Waals surface area contributed by atoms with E-state index in [-0.39, 0.29) is 22.4 Å². The van der Waals surface area contributed by atoms with Crippen molar-refractivity contribution in [2.75, 3.05) is 0 Å². The standard InChI is InChI=1S/C21H15F2N3O4/c22-17-7-3-1-5-15(17)20(27)24-19(13-9-11-14(12-10-13)26(29)30)25-21(28)16-6-2-4-8-18(16)23/h1-12,19H,(H,24,27)(H,25,28). The molecule has 2 N–H and O–H groups in total. The van der Waals surface area contributed by atoms with Crippen LogP contribution in [-0.2, 0) is 0 Å². The maximum atomic E-state index is 13.9.